The second-order valence-corrected chi connectivity index (χ2v) is 14.5. The van der Waals surface area contributed by atoms with Crippen molar-refractivity contribution < 1.29 is 12.6 Å². The Labute approximate surface area is 335 Å². The molecule has 3 heterocycles. The Hall–Kier alpha value is -7.21. The van der Waals surface area contributed by atoms with Crippen molar-refractivity contribution in [2.24, 2.45) is 0 Å². The smallest absolute Gasteiger partial charge is 0.164 e. The maximum Gasteiger partial charge on any atom is 0.164 e. The second kappa shape index (κ2) is 13.3. The van der Waals surface area contributed by atoms with E-state index in [0.29, 0.717) is 43.3 Å². The van der Waals surface area contributed by atoms with E-state index in [2.05, 4.69) is 0 Å². The van der Waals surface area contributed by atoms with Crippen LogP contribution in [0.2, 0.25) is 0 Å². The summed E-state index contributed by atoms with van der Waals surface area (Å²) in [7, 11) is 0. The molecule has 0 aliphatic carbocycles. The van der Waals surface area contributed by atoms with E-state index < -0.39 is 0 Å². The number of fused-ring (bicyclic) bond motifs is 6. The molecule has 262 valence electrons. The molecule has 4 nitrogen and oxygen atoms in total. The van der Waals surface area contributed by atoms with Gasteiger partial charge in [0.15, 0.2) is 17.5 Å². The van der Waals surface area contributed by atoms with Crippen LogP contribution >= 0.6 is 11.3 Å². The Morgan fingerprint density at radius 3 is 1.73 bits per heavy atom. The zero-order chi connectivity index (χ0) is 42.2. The van der Waals surface area contributed by atoms with Gasteiger partial charge in [-0.15, -0.1) is 11.3 Å². The summed E-state index contributed by atoms with van der Waals surface area (Å²) in [4.78, 5) is 14.8. The van der Waals surface area contributed by atoms with Crippen molar-refractivity contribution in [3.05, 3.63) is 188 Å². The van der Waals surface area contributed by atoms with Crippen LogP contribution in [0.1, 0.15) is 8.22 Å². The molecule has 0 amide bonds. The average molecular weight is 740 g/mol. The predicted molar refractivity (Wildman–Crippen MR) is 233 cm³/mol. The van der Waals surface area contributed by atoms with Gasteiger partial charge in [0.2, 0.25) is 0 Å². The van der Waals surface area contributed by atoms with E-state index in [-0.39, 0.29) is 64.0 Å². The molecule has 0 unspecified atom stereocenters. The maximum atomic E-state index is 9.66. The zero-order valence-corrected chi connectivity index (χ0v) is 30.4. The third-order valence-corrected chi connectivity index (χ3v) is 11.0. The van der Waals surface area contributed by atoms with E-state index in [9.17, 15) is 6.85 Å². The molecule has 11 aromatic rings. The van der Waals surface area contributed by atoms with Crippen LogP contribution in [-0.2, 0) is 0 Å². The van der Waals surface area contributed by atoms with Crippen LogP contribution in [0.25, 0.3) is 110 Å². The van der Waals surface area contributed by atoms with Gasteiger partial charge in [-0.1, -0.05) is 146 Å². The topological polar surface area (TPSA) is 51.8 Å². The number of nitrogens with zero attached hydrogens (tertiary/aromatic N) is 3. The molecule has 0 aliphatic rings. The summed E-state index contributed by atoms with van der Waals surface area (Å²) in [6.07, 6.45) is 0. The SMILES string of the molecule is [2H]c1c(-c2ccc3oc4ccccc4c3c2)c([2H])c2c(sc3c([2H])c(-c4nc(-c5ccc(-c6ccccc6)cc5)nc(-c5cccc(-c6ccccc6)c5)n4)c([2H])c([2H])c32)c1[2H]. The second-order valence-electron chi connectivity index (χ2n) is 13.5. The number of aromatic nitrogens is 3. The van der Waals surface area contributed by atoms with Crippen molar-refractivity contribution in [2.75, 3.05) is 0 Å². The van der Waals surface area contributed by atoms with Gasteiger partial charge in [0.1, 0.15) is 11.2 Å². The van der Waals surface area contributed by atoms with Crippen LogP contribution in [-0.4, -0.2) is 15.0 Å². The largest absolute Gasteiger partial charge is 0.456 e. The molecule has 0 fully saturated rings. The van der Waals surface area contributed by atoms with Gasteiger partial charge < -0.3 is 4.42 Å². The highest BCUT2D eigenvalue weighted by molar-refractivity contribution is 7.25. The molecule has 3 aromatic heterocycles. The minimum Gasteiger partial charge on any atom is -0.456 e. The van der Waals surface area contributed by atoms with Crippen LogP contribution < -0.4 is 0 Å². The molecule has 11 rings (SSSR count). The monoisotopic (exact) mass is 739 g/mol. The molecule has 0 radical (unpaired) electrons. The third-order valence-electron chi connectivity index (χ3n) is 10.0. The first-order chi connectivity index (χ1) is 30.2. The van der Waals surface area contributed by atoms with Gasteiger partial charge in [-0.05, 0) is 75.8 Å². The van der Waals surface area contributed by atoms with E-state index >= 15 is 0 Å². The number of furan rings is 1. The molecular weight excluding hydrogens is 703 g/mol. The lowest BCUT2D eigenvalue weighted by Crippen LogP contribution is -2.00. The highest BCUT2D eigenvalue weighted by atomic mass is 32.1. The van der Waals surface area contributed by atoms with Crippen LogP contribution in [0.5, 0.6) is 0 Å². The zero-order valence-electron chi connectivity index (χ0n) is 35.6. The number of benzene rings is 8. The van der Waals surface area contributed by atoms with Crippen molar-refractivity contribution in [3.63, 3.8) is 0 Å². The predicted octanol–water partition coefficient (Wildman–Crippen LogP) is 14.1. The molecule has 0 bridgehead atoms. The molecule has 0 atom stereocenters. The Morgan fingerprint density at radius 2 is 0.929 bits per heavy atom. The van der Waals surface area contributed by atoms with Crippen LogP contribution in [0.3, 0.4) is 0 Å². The minimum absolute atomic E-state index is 0.0403. The summed E-state index contributed by atoms with van der Waals surface area (Å²) >= 11 is 1.08. The molecule has 0 spiro atoms. The first-order valence-electron chi connectivity index (χ1n) is 21.2. The lowest BCUT2D eigenvalue weighted by molar-refractivity contribution is 0.669. The maximum absolute atomic E-state index is 9.66. The summed E-state index contributed by atoms with van der Waals surface area (Å²) in [5.41, 5.74) is 7.71. The lowest BCUT2D eigenvalue weighted by atomic mass is 10.0. The van der Waals surface area contributed by atoms with Gasteiger partial charge in [0.25, 0.3) is 0 Å². The summed E-state index contributed by atoms with van der Waals surface area (Å²) in [5, 5.41) is 2.21. The third kappa shape index (κ3) is 5.74. The van der Waals surface area contributed by atoms with Crippen molar-refractivity contribution >= 4 is 53.4 Å². The van der Waals surface area contributed by atoms with E-state index in [4.69, 9.17) is 20.7 Å². The Kier molecular flexibility index (Phi) is 6.29. The molecule has 5 heteroatoms. The number of rotatable bonds is 6. The van der Waals surface area contributed by atoms with Gasteiger partial charge in [0, 0.05) is 47.6 Å². The normalized spacial score (nSPS) is 13.1. The summed E-state index contributed by atoms with van der Waals surface area (Å²) in [5.74, 6) is 0.735. The number of thiophene rings is 1. The first-order valence-corrected chi connectivity index (χ1v) is 19.0. The fourth-order valence-corrected chi connectivity index (χ4v) is 8.16. The molecule has 8 aromatic carbocycles. The summed E-state index contributed by atoms with van der Waals surface area (Å²) in [6, 6.07) is 48.0. The highest BCUT2D eigenvalue weighted by Crippen LogP contribution is 2.40. The van der Waals surface area contributed by atoms with Gasteiger partial charge >= 0.3 is 0 Å². The Morgan fingerprint density at radius 1 is 0.357 bits per heavy atom. The van der Waals surface area contributed by atoms with Gasteiger partial charge in [-0.2, -0.15) is 0 Å². The van der Waals surface area contributed by atoms with Gasteiger partial charge in [-0.25, -0.2) is 15.0 Å². The molecule has 0 saturated heterocycles. The standard InChI is InChI=1S/C51H31N3OS/c1-3-10-32(11-4-1)34-18-20-35(21-19-34)49-52-50(39-15-9-14-36(28-39)33-12-5-2-6-13-33)54-51(53-49)40-22-25-42-44-30-38(24-27-47(44)56-48(42)31-40)37-23-26-46-43(29-37)41-16-7-8-17-45(41)55-46/h1-31H/i22D,24D,25D,27D,30D,31D. The minimum atomic E-state index is -0.281. The van der Waals surface area contributed by atoms with E-state index in [1.165, 1.54) is 0 Å². The molecular formula is C51H31N3OS. The first kappa shape index (κ1) is 26.5. The molecule has 0 saturated carbocycles. The number of hydrogen-bond acceptors (Lipinski definition) is 5. The van der Waals surface area contributed by atoms with Gasteiger partial charge in [0.05, 0.1) is 8.22 Å². The average Bonchev–Trinajstić information content (AvgIpc) is 3.91. The number of hydrogen-bond donors (Lipinski definition) is 0. The highest BCUT2D eigenvalue weighted by Gasteiger charge is 2.16. The lowest BCUT2D eigenvalue weighted by Gasteiger charge is -2.10. The quantitative estimate of drug-likeness (QED) is 0.170. The summed E-state index contributed by atoms with van der Waals surface area (Å²) in [6.45, 7) is 0. The van der Waals surface area contributed by atoms with Crippen molar-refractivity contribution in [3.8, 4) is 67.5 Å². The fourth-order valence-electron chi connectivity index (χ4n) is 7.19. The van der Waals surface area contributed by atoms with Crippen LogP contribution in [0, 0.1) is 0 Å². The Balaban J connectivity index is 1.11. The fraction of sp³-hybridized carbons (Fsp3) is 0. The number of para-hydroxylation sites is 1. The van der Waals surface area contributed by atoms with Crippen LogP contribution in [0.15, 0.2) is 192 Å². The molecule has 0 aliphatic heterocycles. The van der Waals surface area contributed by atoms with Gasteiger partial charge in [-0.3, -0.25) is 0 Å². The molecule has 56 heavy (non-hydrogen) atoms. The van der Waals surface area contributed by atoms with Crippen molar-refractivity contribution in [2.45, 2.75) is 0 Å². The van der Waals surface area contributed by atoms with E-state index in [1.807, 2.05) is 146 Å². The Bertz CT molecular complexity index is 3590. The van der Waals surface area contributed by atoms with E-state index in [1.54, 1.807) is 6.07 Å². The summed E-state index contributed by atoms with van der Waals surface area (Å²) < 4.78 is 63.1. The van der Waals surface area contributed by atoms with E-state index in [0.717, 1.165) is 49.9 Å². The van der Waals surface area contributed by atoms with Crippen LogP contribution in [0.4, 0.5) is 0 Å². The molecule has 0 N–H and O–H groups in total. The van der Waals surface area contributed by atoms with Crippen molar-refractivity contribution in [1.82, 2.24) is 15.0 Å². The van der Waals surface area contributed by atoms with Crippen molar-refractivity contribution in [1.29, 1.82) is 0 Å².